The van der Waals surface area contributed by atoms with Crippen LogP contribution in [0.3, 0.4) is 0 Å². The van der Waals surface area contributed by atoms with Crippen LogP contribution in [0.5, 0.6) is 0 Å². The number of alkyl halides is 2. The van der Waals surface area contributed by atoms with E-state index in [1.54, 1.807) is 24.3 Å². The average Bonchev–Trinajstić information content (AvgIpc) is 2.76. The Balaban J connectivity index is 2.08. The van der Waals surface area contributed by atoms with Crippen molar-refractivity contribution in [3.8, 4) is 0 Å². The van der Waals surface area contributed by atoms with Crippen LogP contribution in [0.25, 0.3) is 10.8 Å². The molecular formula is C24H20Cl2N2O2. The third-order valence-electron chi connectivity index (χ3n) is 5.36. The summed E-state index contributed by atoms with van der Waals surface area (Å²) in [5, 5.41) is 0.623. The van der Waals surface area contributed by atoms with Gasteiger partial charge >= 0.3 is 0 Å². The highest BCUT2D eigenvalue weighted by atomic mass is 35.5. The lowest BCUT2D eigenvalue weighted by Gasteiger charge is -2.25. The van der Waals surface area contributed by atoms with Crippen molar-refractivity contribution in [1.82, 2.24) is 9.36 Å². The van der Waals surface area contributed by atoms with Gasteiger partial charge in [0.25, 0.3) is 11.1 Å². The van der Waals surface area contributed by atoms with Gasteiger partial charge in [-0.25, -0.2) is 9.36 Å². The number of fused-ring (bicyclic) bond motifs is 1. The number of benzene rings is 3. The summed E-state index contributed by atoms with van der Waals surface area (Å²) in [5.74, 6) is 0. The van der Waals surface area contributed by atoms with Gasteiger partial charge in [0.05, 0.1) is 10.8 Å². The number of hydrogen-bond donors (Lipinski definition) is 0. The maximum Gasteiger partial charge on any atom is 0.275 e. The van der Waals surface area contributed by atoms with Gasteiger partial charge in [-0.1, -0.05) is 83.9 Å². The van der Waals surface area contributed by atoms with Crippen molar-refractivity contribution in [3.05, 3.63) is 116 Å². The summed E-state index contributed by atoms with van der Waals surface area (Å²) < 4.78 is 2.55. The first-order chi connectivity index (χ1) is 14.4. The van der Waals surface area contributed by atoms with E-state index < -0.39 is 11.0 Å². The van der Waals surface area contributed by atoms with E-state index >= 15 is 0 Å². The van der Waals surface area contributed by atoms with Crippen molar-refractivity contribution < 1.29 is 0 Å². The fraction of sp³-hybridized carbons (Fsp3) is 0.167. The standard InChI is InChI=1S/C24H20Cl2N2O2/c1-15-9-3-5-11-17(15)21(25)27-23(29)19-13-7-8-14-20(19)24(30)28(27)22(26)18-12-6-4-10-16(18)2/h3-14,21-22H,1-2H3. The van der Waals surface area contributed by atoms with E-state index in [4.69, 9.17) is 23.2 Å². The Hall–Kier alpha value is -2.82. The lowest BCUT2D eigenvalue weighted by Crippen LogP contribution is -2.41. The Labute approximate surface area is 183 Å². The van der Waals surface area contributed by atoms with Gasteiger partial charge in [0.15, 0.2) is 11.0 Å². The van der Waals surface area contributed by atoms with E-state index in [9.17, 15) is 9.59 Å². The van der Waals surface area contributed by atoms with Crippen LogP contribution >= 0.6 is 23.2 Å². The number of aromatic nitrogens is 2. The summed E-state index contributed by atoms with van der Waals surface area (Å²) in [6.45, 7) is 3.83. The molecule has 30 heavy (non-hydrogen) atoms. The number of nitrogens with zero attached hydrogens (tertiary/aromatic N) is 2. The van der Waals surface area contributed by atoms with Gasteiger partial charge in [-0.05, 0) is 48.2 Å². The minimum atomic E-state index is -0.902. The highest BCUT2D eigenvalue weighted by Gasteiger charge is 2.26. The normalized spacial score (nSPS) is 13.3. The van der Waals surface area contributed by atoms with E-state index in [1.807, 2.05) is 62.4 Å². The zero-order valence-electron chi connectivity index (χ0n) is 16.5. The van der Waals surface area contributed by atoms with Crippen molar-refractivity contribution in [2.75, 3.05) is 0 Å². The van der Waals surface area contributed by atoms with Crippen LogP contribution in [0.15, 0.2) is 82.4 Å². The van der Waals surface area contributed by atoms with Crippen LogP contribution in [0.2, 0.25) is 0 Å². The van der Waals surface area contributed by atoms with Gasteiger partial charge < -0.3 is 0 Å². The molecule has 0 aliphatic heterocycles. The molecule has 152 valence electrons. The van der Waals surface area contributed by atoms with E-state index in [-0.39, 0.29) is 11.1 Å². The van der Waals surface area contributed by atoms with Gasteiger partial charge in [-0.2, -0.15) is 0 Å². The van der Waals surface area contributed by atoms with Gasteiger partial charge in [0.1, 0.15) is 0 Å². The Bertz CT molecular complexity index is 1250. The topological polar surface area (TPSA) is 44.0 Å². The molecule has 0 aliphatic rings. The van der Waals surface area contributed by atoms with E-state index in [2.05, 4.69) is 0 Å². The molecule has 2 unspecified atom stereocenters. The molecule has 4 aromatic rings. The highest BCUT2D eigenvalue weighted by Crippen LogP contribution is 2.29. The second-order valence-corrected chi connectivity index (χ2v) is 8.06. The predicted molar refractivity (Wildman–Crippen MR) is 123 cm³/mol. The Kier molecular flexibility index (Phi) is 5.54. The zero-order valence-corrected chi connectivity index (χ0v) is 18.1. The van der Waals surface area contributed by atoms with Gasteiger partial charge in [0, 0.05) is 0 Å². The van der Waals surface area contributed by atoms with Gasteiger partial charge in [-0.15, -0.1) is 0 Å². The van der Waals surface area contributed by atoms with Crippen LogP contribution < -0.4 is 11.1 Å². The lowest BCUT2D eigenvalue weighted by molar-refractivity contribution is 0.448. The third-order valence-corrected chi connectivity index (χ3v) is 6.20. The summed E-state index contributed by atoms with van der Waals surface area (Å²) in [5.41, 5.74) is 0.761. The van der Waals surface area contributed by atoms with Crippen LogP contribution in [0.4, 0.5) is 0 Å². The summed E-state index contributed by atoms with van der Waals surface area (Å²) >= 11 is 13.7. The van der Waals surface area contributed by atoms with E-state index in [1.165, 1.54) is 9.36 Å². The molecule has 6 heteroatoms. The Morgan fingerprint density at radius 1 is 0.600 bits per heavy atom. The quantitative estimate of drug-likeness (QED) is 0.403. The average molecular weight is 439 g/mol. The first-order valence-corrected chi connectivity index (χ1v) is 10.4. The molecule has 0 saturated carbocycles. The maximum absolute atomic E-state index is 13.5. The minimum absolute atomic E-state index is 0.312. The first kappa shape index (κ1) is 20.5. The van der Waals surface area contributed by atoms with Gasteiger partial charge in [0.2, 0.25) is 0 Å². The number of aryl methyl sites for hydroxylation is 2. The molecule has 0 bridgehead atoms. The summed E-state index contributed by atoms with van der Waals surface area (Å²) in [4.78, 5) is 27.0. The molecular weight excluding hydrogens is 419 g/mol. The largest absolute Gasteiger partial charge is 0.275 e. The molecule has 0 fully saturated rings. The molecule has 4 nitrogen and oxygen atoms in total. The fourth-order valence-corrected chi connectivity index (χ4v) is 4.55. The number of hydrogen-bond acceptors (Lipinski definition) is 2. The molecule has 4 rings (SSSR count). The van der Waals surface area contributed by atoms with Crippen LogP contribution in [0.1, 0.15) is 33.3 Å². The predicted octanol–water partition coefficient (Wildman–Crippen LogP) is 5.35. The Morgan fingerprint density at radius 3 is 1.30 bits per heavy atom. The molecule has 2 atom stereocenters. The molecule has 0 saturated heterocycles. The van der Waals surface area contributed by atoms with Crippen molar-refractivity contribution in [2.24, 2.45) is 0 Å². The van der Waals surface area contributed by atoms with Crippen molar-refractivity contribution in [2.45, 2.75) is 24.8 Å². The van der Waals surface area contributed by atoms with Crippen molar-refractivity contribution in [3.63, 3.8) is 0 Å². The second kappa shape index (κ2) is 8.13. The zero-order chi connectivity index (χ0) is 21.4. The molecule has 0 amide bonds. The summed E-state index contributed by atoms with van der Waals surface area (Å²) in [6, 6.07) is 21.8. The van der Waals surface area contributed by atoms with Crippen molar-refractivity contribution >= 4 is 34.0 Å². The molecule has 0 radical (unpaired) electrons. The molecule has 0 aliphatic carbocycles. The SMILES string of the molecule is Cc1ccccc1C(Cl)n1c(=O)c2ccccc2c(=O)n1C(Cl)c1ccccc1C. The van der Waals surface area contributed by atoms with E-state index in [0.29, 0.717) is 10.8 Å². The van der Waals surface area contributed by atoms with Crippen molar-refractivity contribution in [1.29, 1.82) is 0 Å². The minimum Gasteiger partial charge on any atom is -0.267 e. The molecule has 1 aromatic heterocycles. The third kappa shape index (κ3) is 3.36. The second-order valence-electron chi connectivity index (χ2n) is 7.23. The molecule has 1 heterocycles. The van der Waals surface area contributed by atoms with Crippen LogP contribution in [0, 0.1) is 13.8 Å². The number of rotatable bonds is 4. The van der Waals surface area contributed by atoms with E-state index in [0.717, 1.165) is 22.3 Å². The maximum atomic E-state index is 13.5. The molecule has 0 spiro atoms. The highest BCUT2D eigenvalue weighted by molar-refractivity contribution is 6.21. The smallest absolute Gasteiger partial charge is 0.267 e. The summed E-state index contributed by atoms with van der Waals surface area (Å²) in [7, 11) is 0. The van der Waals surface area contributed by atoms with Crippen LogP contribution in [-0.2, 0) is 0 Å². The Morgan fingerprint density at radius 2 is 0.933 bits per heavy atom. The van der Waals surface area contributed by atoms with Crippen LogP contribution in [-0.4, -0.2) is 9.36 Å². The fourth-order valence-electron chi connectivity index (χ4n) is 3.69. The van der Waals surface area contributed by atoms with Gasteiger partial charge in [-0.3, -0.25) is 9.59 Å². The monoisotopic (exact) mass is 438 g/mol. The first-order valence-electron chi connectivity index (χ1n) is 9.57. The molecule has 0 N–H and O–H groups in total. The summed E-state index contributed by atoms with van der Waals surface area (Å²) in [6.07, 6.45) is 0. The number of halogens is 2. The molecule has 3 aromatic carbocycles. The lowest BCUT2D eigenvalue weighted by atomic mass is 10.1.